The summed E-state index contributed by atoms with van der Waals surface area (Å²) in [5.41, 5.74) is 9.73. The summed E-state index contributed by atoms with van der Waals surface area (Å²) >= 11 is 0. The average Bonchev–Trinajstić information content (AvgIpc) is 3.64. The average molecular weight is 918 g/mol. The number of carbonyl (C=O) groups is 5. The first-order chi connectivity index (χ1) is 32.0. The summed E-state index contributed by atoms with van der Waals surface area (Å²) in [5, 5.41) is 16.9. The van der Waals surface area contributed by atoms with Gasteiger partial charge in [-0.15, -0.1) is 0 Å². The zero-order valence-electron chi connectivity index (χ0n) is 40.2. The van der Waals surface area contributed by atoms with Crippen molar-refractivity contribution in [3.8, 4) is 28.1 Å². The van der Waals surface area contributed by atoms with Crippen molar-refractivity contribution in [3.63, 3.8) is 0 Å². The van der Waals surface area contributed by atoms with Crippen molar-refractivity contribution < 1.29 is 38.6 Å². The number of nitrogens with one attached hydrogen (secondary N) is 2. The van der Waals surface area contributed by atoms with Crippen molar-refractivity contribution >= 4 is 41.0 Å². The Balaban J connectivity index is 1.22. The number of benzene rings is 2. The van der Waals surface area contributed by atoms with Gasteiger partial charge in [-0.05, 0) is 116 Å². The molecule has 0 spiro atoms. The van der Waals surface area contributed by atoms with E-state index in [-0.39, 0.29) is 66.3 Å². The van der Waals surface area contributed by atoms with Gasteiger partial charge in [-0.3, -0.25) is 34.0 Å². The topological polar surface area (TPSA) is 176 Å². The van der Waals surface area contributed by atoms with Crippen molar-refractivity contribution in [1.82, 2.24) is 35.1 Å². The summed E-state index contributed by atoms with van der Waals surface area (Å²) in [7, 11) is 3.31. The molecular weight excluding hydrogens is 851 g/mol. The van der Waals surface area contributed by atoms with Crippen molar-refractivity contribution in [2.24, 2.45) is 29.1 Å². The summed E-state index contributed by atoms with van der Waals surface area (Å²) in [4.78, 5) is 74.3. The van der Waals surface area contributed by atoms with Crippen LogP contribution in [0.25, 0.3) is 33.3 Å². The summed E-state index contributed by atoms with van der Waals surface area (Å²) in [5.74, 6) is -1.49. The number of fused-ring (bicyclic) bond motifs is 2. The number of hydrogen-bond donors (Lipinski definition) is 3. The Hall–Kier alpha value is -6.06. The molecule has 5 atom stereocenters. The van der Waals surface area contributed by atoms with Gasteiger partial charge in [0.2, 0.25) is 17.7 Å². The Morgan fingerprint density at radius 2 is 1.81 bits per heavy atom. The maximum Gasteiger partial charge on any atom is 0.293 e. The van der Waals surface area contributed by atoms with Crippen LogP contribution in [0, 0.1) is 29.1 Å². The molecule has 67 heavy (non-hydrogen) atoms. The number of amides is 4. The molecule has 2 saturated heterocycles. The van der Waals surface area contributed by atoms with Gasteiger partial charge in [0.25, 0.3) is 12.4 Å². The van der Waals surface area contributed by atoms with Crippen LogP contribution in [0.15, 0.2) is 67.4 Å². The highest BCUT2D eigenvalue weighted by molar-refractivity contribution is 5.96. The zero-order valence-corrected chi connectivity index (χ0v) is 40.2. The maximum atomic E-state index is 14.4. The van der Waals surface area contributed by atoms with Crippen LogP contribution in [0.2, 0.25) is 0 Å². The van der Waals surface area contributed by atoms with Crippen LogP contribution in [0.4, 0.5) is 0 Å². The molecule has 2 aromatic carbocycles. The van der Waals surface area contributed by atoms with E-state index in [2.05, 4.69) is 60.9 Å². The lowest BCUT2D eigenvalue weighted by molar-refractivity contribution is -0.145. The number of piperidine rings is 1. The van der Waals surface area contributed by atoms with E-state index >= 15 is 0 Å². The fourth-order valence-electron chi connectivity index (χ4n) is 10.5. The molecule has 1 saturated carbocycles. The number of phenols is 1. The predicted molar refractivity (Wildman–Crippen MR) is 256 cm³/mol. The highest BCUT2D eigenvalue weighted by Gasteiger charge is 2.61. The monoisotopic (exact) mass is 918 g/mol. The van der Waals surface area contributed by atoms with Crippen molar-refractivity contribution in [1.29, 1.82) is 0 Å². The highest BCUT2D eigenvalue weighted by Crippen LogP contribution is 2.53. The number of pyridine rings is 1. The van der Waals surface area contributed by atoms with Crippen LogP contribution in [0.5, 0.6) is 5.75 Å². The largest absolute Gasteiger partial charge is 0.508 e. The van der Waals surface area contributed by atoms with Gasteiger partial charge in [0.05, 0.1) is 24.1 Å². The molecule has 4 aromatic rings. The van der Waals surface area contributed by atoms with E-state index in [4.69, 9.17) is 14.5 Å². The van der Waals surface area contributed by atoms with Gasteiger partial charge >= 0.3 is 0 Å². The number of hydrazine groups is 1. The molecule has 3 N–H and O–H groups in total. The van der Waals surface area contributed by atoms with E-state index in [1.54, 1.807) is 42.4 Å². The summed E-state index contributed by atoms with van der Waals surface area (Å²) in [6.07, 6.45) is 5.13. The van der Waals surface area contributed by atoms with Gasteiger partial charge in [-0.2, -0.15) is 0 Å². The fourth-order valence-corrected chi connectivity index (χ4v) is 10.5. The zero-order chi connectivity index (χ0) is 48.3. The van der Waals surface area contributed by atoms with E-state index in [0.29, 0.717) is 51.2 Å². The number of aromatic hydroxyl groups is 1. The molecule has 0 bridgehead atoms. The van der Waals surface area contributed by atoms with Crippen molar-refractivity contribution in [3.05, 3.63) is 84.2 Å². The molecule has 1 aliphatic carbocycles. The number of ether oxygens (including phenoxy) is 2. The number of aromatic nitrogens is 2. The van der Waals surface area contributed by atoms with E-state index < -0.39 is 23.4 Å². The SMILES string of the molecule is C=CC(=O)N1CC2C(C1)C2C(=O)N(C)C(C(=O)NC(Cc1cc(O)cc(-c2ccc3c(c2)c(CC(C)(C)COC=O)c(-c2cccnc2C(C)OC)n3CC)c1)C(=O)N1CCCCN1)C(C)C. The minimum absolute atomic E-state index is 0.00249. The third-order valence-corrected chi connectivity index (χ3v) is 13.9. The summed E-state index contributed by atoms with van der Waals surface area (Å²) < 4.78 is 13.4. The Morgan fingerprint density at radius 1 is 1.06 bits per heavy atom. The second-order valence-corrected chi connectivity index (χ2v) is 19.6. The predicted octanol–water partition coefficient (Wildman–Crippen LogP) is 6.07. The van der Waals surface area contributed by atoms with E-state index in [0.717, 1.165) is 57.4 Å². The molecule has 358 valence electrons. The quantitative estimate of drug-likeness (QED) is 0.0740. The second kappa shape index (κ2) is 20.4. The molecular formula is C52H67N7O8. The molecule has 4 heterocycles. The first-order valence-electron chi connectivity index (χ1n) is 23.6. The third kappa shape index (κ3) is 10.3. The van der Waals surface area contributed by atoms with E-state index in [1.807, 2.05) is 39.0 Å². The Morgan fingerprint density at radius 3 is 2.45 bits per heavy atom. The minimum Gasteiger partial charge on any atom is -0.508 e. The smallest absolute Gasteiger partial charge is 0.293 e. The molecule has 7 rings (SSSR count). The van der Waals surface area contributed by atoms with Crippen molar-refractivity contribution in [2.75, 3.05) is 46.9 Å². The third-order valence-electron chi connectivity index (χ3n) is 13.9. The highest BCUT2D eigenvalue weighted by atomic mass is 16.5. The number of likely N-dealkylation sites (tertiary alicyclic amines) is 1. The summed E-state index contributed by atoms with van der Waals surface area (Å²) in [6.45, 7) is 19.0. The van der Waals surface area contributed by atoms with Gasteiger partial charge in [-0.25, -0.2) is 5.43 Å². The van der Waals surface area contributed by atoms with Gasteiger partial charge in [0.15, 0.2) is 0 Å². The second-order valence-electron chi connectivity index (χ2n) is 19.6. The maximum absolute atomic E-state index is 14.4. The van der Waals surface area contributed by atoms with Crippen LogP contribution in [-0.4, -0.2) is 119 Å². The molecule has 3 fully saturated rings. The van der Waals surface area contributed by atoms with Crippen LogP contribution in [0.1, 0.15) is 77.3 Å². The number of likely N-dealkylation sites (N-methyl/N-ethyl adjacent to an activating group) is 1. The lowest BCUT2D eigenvalue weighted by Crippen LogP contribution is -2.59. The first-order valence-corrected chi connectivity index (χ1v) is 23.6. The van der Waals surface area contributed by atoms with Gasteiger partial charge in [0, 0.05) is 87.3 Å². The number of hydrogen-bond acceptors (Lipinski definition) is 10. The molecule has 2 aliphatic heterocycles. The van der Waals surface area contributed by atoms with E-state index in [9.17, 15) is 29.1 Å². The molecule has 5 unspecified atom stereocenters. The first kappa shape index (κ1) is 48.9. The molecule has 3 aliphatic rings. The standard InChI is InChI=1S/C52H67N7O8/c1-10-44(62)57-27-40-41(28-57)45(40)51(65)56(8)47(31(3)4)49(63)55-42(50(64)59-20-13-12-19-54-59)23-33-21-35(24-36(61)22-33)34-16-17-43-38(25-34)39(26-52(6,7)29-67-30-60)48(58(43)11-2)37-15-14-18-53-46(37)32(5)66-9/h10,14-18,21-22,24-25,30-32,40-42,45,47,54,61H,1,11-13,19-20,23,26-29H2,2-9H3,(H,55,63). The normalized spacial score (nSPS) is 19.4. The number of rotatable bonds is 19. The number of carbonyl (C=O) groups excluding carboxylic acids is 5. The molecule has 15 nitrogen and oxygen atoms in total. The minimum atomic E-state index is -1.02. The Labute approximate surface area is 393 Å². The van der Waals surface area contributed by atoms with Crippen LogP contribution >= 0.6 is 0 Å². The van der Waals surface area contributed by atoms with Gasteiger partial charge in [0.1, 0.15) is 17.8 Å². The molecule has 2 aromatic heterocycles. The Bertz CT molecular complexity index is 2500. The van der Waals surface area contributed by atoms with Crippen LogP contribution in [-0.2, 0) is 52.8 Å². The number of nitrogens with zero attached hydrogens (tertiary/aromatic N) is 5. The lowest BCUT2D eigenvalue weighted by atomic mass is 9.84. The number of methoxy groups -OCH3 is 1. The molecule has 4 amide bonds. The lowest BCUT2D eigenvalue weighted by Gasteiger charge is -2.34. The van der Waals surface area contributed by atoms with Crippen LogP contribution < -0.4 is 10.7 Å². The number of phenolic OH excluding ortho intramolecular Hbond substituents is 1. The fraction of sp³-hybridized carbons (Fsp3) is 0.500. The van der Waals surface area contributed by atoms with Gasteiger partial charge < -0.3 is 34.3 Å². The van der Waals surface area contributed by atoms with Crippen molar-refractivity contribution in [2.45, 2.75) is 92.0 Å². The molecule has 15 heteroatoms. The van der Waals surface area contributed by atoms with Gasteiger partial charge in [-0.1, -0.05) is 46.4 Å². The Kier molecular flexibility index (Phi) is 14.9. The molecule has 0 radical (unpaired) electrons. The van der Waals surface area contributed by atoms with E-state index in [1.165, 1.54) is 11.0 Å². The summed E-state index contributed by atoms with van der Waals surface area (Å²) in [6, 6.07) is 13.6. The van der Waals surface area contributed by atoms with Crippen LogP contribution in [0.3, 0.4) is 0 Å². The number of aryl methyl sites for hydroxylation is 1.